The molecule has 0 unspecified atom stereocenters. The maximum atomic E-state index is 13.4. The highest BCUT2D eigenvalue weighted by Gasteiger charge is 2.19. The van der Waals surface area contributed by atoms with E-state index in [1.807, 2.05) is 24.3 Å². The molecule has 0 aliphatic heterocycles. The lowest BCUT2D eigenvalue weighted by Crippen LogP contribution is -2.35. The number of amides is 1. The number of anilines is 1. The van der Waals surface area contributed by atoms with E-state index in [2.05, 4.69) is 5.32 Å². The van der Waals surface area contributed by atoms with E-state index in [0.717, 1.165) is 27.9 Å². The summed E-state index contributed by atoms with van der Waals surface area (Å²) in [5, 5.41) is 2.76. The van der Waals surface area contributed by atoms with Crippen LogP contribution in [0.15, 0.2) is 48.5 Å². The van der Waals surface area contributed by atoms with Gasteiger partial charge in [0.05, 0.1) is 19.1 Å². The highest BCUT2D eigenvalue weighted by molar-refractivity contribution is 7.92. The molecule has 0 bridgehead atoms. The van der Waals surface area contributed by atoms with Crippen LogP contribution in [-0.2, 0) is 21.2 Å². The predicted molar refractivity (Wildman–Crippen MR) is 103 cm³/mol. The van der Waals surface area contributed by atoms with Gasteiger partial charge in [-0.05, 0) is 36.2 Å². The lowest BCUT2D eigenvalue weighted by molar-refractivity contribution is -0.120. The van der Waals surface area contributed by atoms with E-state index >= 15 is 0 Å². The first-order valence-corrected chi connectivity index (χ1v) is 10.3. The zero-order valence-electron chi connectivity index (χ0n) is 15.3. The van der Waals surface area contributed by atoms with Crippen molar-refractivity contribution in [1.82, 2.24) is 5.32 Å². The number of hydrogen-bond donors (Lipinski definition) is 1. The summed E-state index contributed by atoms with van der Waals surface area (Å²) in [6.07, 6.45) is 1.59. The molecule has 27 heavy (non-hydrogen) atoms. The Morgan fingerprint density at radius 3 is 2.59 bits per heavy atom. The number of nitrogens with zero attached hydrogens (tertiary/aromatic N) is 1. The van der Waals surface area contributed by atoms with Gasteiger partial charge in [-0.25, -0.2) is 12.8 Å². The van der Waals surface area contributed by atoms with Crippen molar-refractivity contribution in [3.05, 3.63) is 59.9 Å². The summed E-state index contributed by atoms with van der Waals surface area (Å²) in [5.74, 6) is -0.0709. The normalized spacial score (nSPS) is 11.1. The van der Waals surface area contributed by atoms with Crippen molar-refractivity contribution in [2.75, 3.05) is 30.8 Å². The third kappa shape index (κ3) is 6.25. The third-order valence-corrected chi connectivity index (χ3v) is 5.14. The second kappa shape index (κ2) is 9.36. The van der Waals surface area contributed by atoms with Crippen molar-refractivity contribution in [2.45, 2.75) is 12.8 Å². The number of rotatable bonds is 9. The van der Waals surface area contributed by atoms with Gasteiger partial charge in [0.15, 0.2) is 0 Å². The maximum Gasteiger partial charge on any atom is 0.232 e. The minimum atomic E-state index is -3.63. The predicted octanol–water partition coefficient (Wildman–Crippen LogP) is 2.35. The van der Waals surface area contributed by atoms with E-state index in [0.29, 0.717) is 13.0 Å². The molecule has 0 fully saturated rings. The maximum absolute atomic E-state index is 13.4. The van der Waals surface area contributed by atoms with Gasteiger partial charge in [0, 0.05) is 19.5 Å². The van der Waals surface area contributed by atoms with E-state index in [-0.39, 0.29) is 24.6 Å². The summed E-state index contributed by atoms with van der Waals surface area (Å²) in [6.45, 7) is 0.334. The topological polar surface area (TPSA) is 75.7 Å². The Morgan fingerprint density at radius 1 is 1.19 bits per heavy atom. The van der Waals surface area contributed by atoms with Crippen LogP contribution in [0, 0.1) is 5.82 Å². The van der Waals surface area contributed by atoms with Crippen molar-refractivity contribution >= 4 is 21.6 Å². The van der Waals surface area contributed by atoms with Gasteiger partial charge in [-0.3, -0.25) is 9.10 Å². The Labute approximate surface area is 159 Å². The quantitative estimate of drug-likeness (QED) is 0.708. The Kier molecular flexibility index (Phi) is 7.18. The fourth-order valence-corrected chi connectivity index (χ4v) is 3.57. The summed E-state index contributed by atoms with van der Waals surface area (Å²) in [7, 11) is -2.05. The Hall–Kier alpha value is -2.61. The fourth-order valence-electron chi connectivity index (χ4n) is 2.66. The van der Waals surface area contributed by atoms with Crippen molar-refractivity contribution in [3.8, 4) is 5.75 Å². The molecule has 8 heteroatoms. The first-order chi connectivity index (χ1) is 12.8. The number of methoxy groups -OCH3 is 1. The summed E-state index contributed by atoms with van der Waals surface area (Å²) in [5.41, 5.74) is 1.16. The first-order valence-electron chi connectivity index (χ1n) is 8.43. The van der Waals surface area contributed by atoms with Crippen LogP contribution in [0.25, 0.3) is 0 Å². The highest BCUT2D eigenvalue weighted by Crippen LogP contribution is 2.19. The molecule has 0 heterocycles. The molecule has 0 spiro atoms. The molecule has 1 amide bonds. The highest BCUT2D eigenvalue weighted by atomic mass is 32.2. The number of para-hydroxylation sites is 1. The van der Waals surface area contributed by atoms with Crippen LogP contribution < -0.4 is 14.4 Å². The first kappa shape index (κ1) is 20.7. The average molecular weight is 394 g/mol. The molecule has 0 saturated carbocycles. The Morgan fingerprint density at radius 2 is 1.93 bits per heavy atom. The van der Waals surface area contributed by atoms with Crippen LogP contribution in [0.2, 0.25) is 0 Å². The number of ether oxygens (including phenoxy) is 1. The monoisotopic (exact) mass is 394 g/mol. The van der Waals surface area contributed by atoms with Gasteiger partial charge < -0.3 is 10.1 Å². The second-order valence-electron chi connectivity index (χ2n) is 5.98. The summed E-state index contributed by atoms with van der Waals surface area (Å²) >= 11 is 0. The molecular formula is C19H23FN2O4S. The largest absolute Gasteiger partial charge is 0.496 e. The van der Waals surface area contributed by atoms with Crippen LogP contribution in [0.5, 0.6) is 5.75 Å². The fraction of sp³-hybridized carbons (Fsp3) is 0.316. The zero-order valence-corrected chi connectivity index (χ0v) is 16.1. The van der Waals surface area contributed by atoms with E-state index in [1.165, 1.54) is 18.2 Å². The standard InChI is InChI=1S/C19H23FN2O4S/c1-26-18-9-4-3-6-15(18)10-12-21-19(23)11-13-22(27(2,24)25)17-8-5-7-16(20)14-17/h3-9,14H,10-13H2,1-2H3,(H,21,23). The Balaban J connectivity index is 1.90. The van der Waals surface area contributed by atoms with Gasteiger partial charge >= 0.3 is 0 Å². The number of benzene rings is 2. The SMILES string of the molecule is COc1ccccc1CCNC(=O)CCN(c1cccc(F)c1)S(C)(=O)=O. The van der Waals surface area contributed by atoms with Gasteiger partial charge in [-0.15, -0.1) is 0 Å². The molecule has 0 aliphatic carbocycles. The van der Waals surface area contributed by atoms with Crippen molar-refractivity contribution in [2.24, 2.45) is 0 Å². The van der Waals surface area contributed by atoms with E-state index < -0.39 is 15.8 Å². The van der Waals surface area contributed by atoms with Gasteiger partial charge in [0.1, 0.15) is 11.6 Å². The summed E-state index contributed by atoms with van der Waals surface area (Å²) in [4.78, 5) is 12.1. The zero-order chi connectivity index (χ0) is 19.9. The van der Waals surface area contributed by atoms with Crippen molar-refractivity contribution in [3.63, 3.8) is 0 Å². The smallest absolute Gasteiger partial charge is 0.232 e. The average Bonchev–Trinajstić information content (AvgIpc) is 2.61. The lowest BCUT2D eigenvalue weighted by Gasteiger charge is -2.22. The van der Waals surface area contributed by atoms with E-state index in [4.69, 9.17) is 4.74 Å². The van der Waals surface area contributed by atoms with Gasteiger partial charge in [-0.2, -0.15) is 0 Å². The molecule has 146 valence electrons. The molecule has 0 aliphatic rings. The molecule has 2 rings (SSSR count). The third-order valence-electron chi connectivity index (χ3n) is 3.95. The molecule has 2 aromatic rings. The molecule has 0 saturated heterocycles. The molecule has 6 nitrogen and oxygen atoms in total. The van der Waals surface area contributed by atoms with Crippen LogP contribution in [-0.4, -0.2) is 40.8 Å². The lowest BCUT2D eigenvalue weighted by atomic mass is 10.1. The van der Waals surface area contributed by atoms with Gasteiger partial charge in [0.25, 0.3) is 0 Å². The molecule has 2 aromatic carbocycles. The van der Waals surface area contributed by atoms with Crippen LogP contribution in [0.3, 0.4) is 0 Å². The van der Waals surface area contributed by atoms with Crippen molar-refractivity contribution in [1.29, 1.82) is 0 Å². The van der Waals surface area contributed by atoms with E-state index in [9.17, 15) is 17.6 Å². The number of hydrogen-bond acceptors (Lipinski definition) is 4. The second-order valence-corrected chi connectivity index (χ2v) is 7.88. The Bertz CT molecular complexity index is 887. The molecule has 0 aromatic heterocycles. The van der Waals surface area contributed by atoms with Crippen LogP contribution in [0.4, 0.5) is 10.1 Å². The van der Waals surface area contributed by atoms with Crippen LogP contribution in [0.1, 0.15) is 12.0 Å². The number of carbonyl (C=O) groups is 1. The molecule has 1 N–H and O–H groups in total. The van der Waals surface area contributed by atoms with Gasteiger partial charge in [-0.1, -0.05) is 24.3 Å². The van der Waals surface area contributed by atoms with Gasteiger partial charge in [0.2, 0.25) is 15.9 Å². The van der Waals surface area contributed by atoms with E-state index in [1.54, 1.807) is 7.11 Å². The summed E-state index contributed by atoms with van der Waals surface area (Å²) in [6, 6.07) is 12.8. The minimum absolute atomic E-state index is 0.0322. The summed E-state index contributed by atoms with van der Waals surface area (Å²) < 4.78 is 43.6. The molecule has 0 atom stereocenters. The number of carbonyl (C=O) groups excluding carboxylic acids is 1. The molecular weight excluding hydrogens is 371 g/mol. The van der Waals surface area contributed by atoms with Crippen LogP contribution >= 0.6 is 0 Å². The van der Waals surface area contributed by atoms with Crippen molar-refractivity contribution < 1.29 is 22.3 Å². The number of nitrogens with one attached hydrogen (secondary N) is 1. The minimum Gasteiger partial charge on any atom is -0.496 e. The molecule has 0 radical (unpaired) electrons. The number of sulfonamides is 1. The number of halogens is 1.